The zero-order valence-corrected chi connectivity index (χ0v) is 16.1. The summed E-state index contributed by atoms with van der Waals surface area (Å²) in [4.78, 5) is 17.6. The lowest BCUT2D eigenvalue weighted by Crippen LogP contribution is -2.17. The van der Waals surface area contributed by atoms with E-state index < -0.39 is 0 Å². The van der Waals surface area contributed by atoms with E-state index in [1.54, 1.807) is 24.0 Å². The van der Waals surface area contributed by atoms with Crippen molar-refractivity contribution >= 4 is 33.4 Å². The highest BCUT2D eigenvalue weighted by Crippen LogP contribution is 2.40. The Kier molecular flexibility index (Phi) is 3.95. The number of pyridine rings is 2. The van der Waals surface area contributed by atoms with Crippen molar-refractivity contribution in [1.82, 2.24) is 9.55 Å². The minimum atomic E-state index is -0.0980. The van der Waals surface area contributed by atoms with E-state index in [1.165, 1.54) is 0 Å². The summed E-state index contributed by atoms with van der Waals surface area (Å²) >= 11 is 0. The molecule has 3 aromatic heterocycles. The molecule has 5 nitrogen and oxygen atoms in total. The number of rotatable bonds is 3. The minimum Gasteiger partial charge on any atom is -0.439 e. The smallest absolute Gasteiger partial charge is 0.262 e. The zero-order valence-electron chi connectivity index (χ0n) is 16.1. The molecule has 142 valence electrons. The van der Waals surface area contributed by atoms with E-state index >= 15 is 0 Å². The van der Waals surface area contributed by atoms with Gasteiger partial charge in [0.05, 0.1) is 16.5 Å². The maximum Gasteiger partial charge on any atom is 0.262 e. The van der Waals surface area contributed by atoms with Crippen molar-refractivity contribution in [2.75, 3.05) is 5.32 Å². The van der Waals surface area contributed by atoms with Crippen molar-refractivity contribution in [2.24, 2.45) is 7.05 Å². The highest BCUT2D eigenvalue weighted by molar-refractivity contribution is 6.11. The van der Waals surface area contributed by atoms with Gasteiger partial charge < -0.3 is 14.3 Å². The molecule has 0 unspecified atom stereocenters. The predicted octanol–water partition coefficient (Wildman–Crippen LogP) is 5.40. The Bertz CT molecular complexity index is 1420. The van der Waals surface area contributed by atoms with E-state index in [0.29, 0.717) is 16.9 Å². The summed E-state index contributed by atoms with van der Waals surface area (Å²) in [6.45, 7) is 2.03. The normalized spacial score (nSPS) is 11.2. The molecule has 5 aromatic rings. The Hall–Kier alpha value is -3.86. The Morgan fingerprint density at radius 3 is 2.59 bits per heavy atom. The molecule has 5 rings (SSSR count). The number of nitrogens with zero attached hydrogens (tertiary/aromatic N) is 2. The number of fused-ring (bicyclic) bond motifs is 3. The van der Waals surface area contributed by atoms with Crippen molar-refractivity contribution in [2.45, 2.75) is 6.92 Å². The molecule has 0 fully saturated rings. The van der Waals surface area contributed by atoms with E-state index in [1.807, 2.05) is 67.6 Å². The summed E-state index contributed by atoms with van der Waals surface area (Å²) in [5.74, 6) is 0.538. The first kappa shape index (κ1) is 17.3. The van der Waals surface area contributed by atoms with Gasteiger partial charge in [-0.2, -0.15) is 0 Å². The van der Waals surface area contributed by atoms with Crippen molar-refractivity contribution in [3.8, 4) is 11.1 Å². The van der Waals surface area contributed by atoms with E-state index in [-0.39, 0.29) is 5.56 Å². The van der Waals surface area contributed by atoms with Crippen LogP contribution in [-0.2, 0) is 7.05 Å². The largest absolute Gasteiger partial charge is 0.439 e. The molecule has 2 aromatic carbocycles. The third-order valence-corrected chi connectivity index (χ3v) is 5.28. The second-order valence-corrected chi connectivity index (χ2v) is 7.07. The van der Waals surface area contributed by atoms with Gasteiger partial charge in [0.1, 0.15) is 0 Å². The van der Waals surface area contributed by atoms with Crippen LogP contribution in [0.3, 0.4) is 0 Å². The van der Waals surface area contributed by atoms with Crippen molar-refractivity contribution in [1.29, 1.82) is 0 Å². The molecule has 0 aliphatic rings. The van der Waals surface area contributed by atoms with Gasteiger partial charge in [0.25, 0.3) is 5.56 Å². The molecule has 0 radical (unpaired) electrons. The molecule has 0 saturated heterocycles. The van der Waals surface area contributed by atoms with Crippen molar-refractivity contribution in [3.63, 3.8) is 0 Å². The fourth-order valence-corrected chi connectivity index (χ4v) is 3.77. The molecule has 0 saturated carbocycles. The van der Waals surface area contributed by atoms with Crippen molar-refractivity contribution < 1.29 is 4.42 Å². The maximum atomic E-state index is 13.3. The molecule has 0 spiro atoms. The van der Waals surface area contributed by atoms with Crippen LogP contribution in [0.15, 0.2) is 82.3 Å². The first-order valence-electron chi connectivity index (χ1n) is 9.42. The van der Waals surface area contributed by atoms with E-state index in [2.05, 4.69) is 10.3 Å². The summed E-state index contributed by atoms with van der Waals surface area (Å²) in [5, 5.41) is 4.84. The lowest BCUT2D eigenvalue weighted by atomic mass is 10.0. The standard InChI is InChI=1S/C24H19N3O2/c1-15-8-3-5-11-18(15)26-23-20(16-9-7-13-25-14-16)21-22(29-23)17-10-4-6-12-19(17)27(2)24(21)28/h3-14,26H,1-2H3. The predicted molar refractivity (Wildman–Crippen MR) is 117 cm³/mol. The molecule has 1 N–H and O–H groups in total. The van der Waals surface area contributed by atoms with Gasteiger partial charge in [0, 0.05) is 36.1 Å². The minimum absolute atomic E-state index is 0.0980. The number of aromatic nitrogens is 2. The van der Waals surface area contributed by atoms with Crippen LogP contribution in [0.1, 0.15) is 5.56 Å². The third kappa shape index (κ3) is 2.70. The van der Waals surface area contributed by atoms with Crippen LogP contribution in [-0.4, -0.2) is 9.55 Å². The average Bonchev–Trinajstić information content (AvgIpc) is 3.14. The zero-order chi connectivity index (χ0) is 20.0. The van der Waals surface area contributed by atoms with Gasteiger partial charge in [-0.3, -0.25) is 9.78 Å². The molecule has 0 aliphatic heterocycles. The number of anilines is 2. The average molecular weight is 381 g/mol. The number of nitrogens with one attached hydrogen (secondary N) is 1. The second kappa shape index (κ2) is 6.63. The van der Waals surface area contributed by atoms with E-state index in [4.69, 9.17) is 4.42 Å². The first-order chi connectivity index (χ1) is 14.1. The summed E-state index contributed by atoms with van der Waals surface area (Å²) in [7, 11) is 1.79. The van der Waals surface area contributed by atoms with Crippen LogP contribution < -0.4 is 10.9 Å². The van der Waals surface area contributed by atoms with Crippen LogP contribution in [0.5, 0.6) is 0 Å². The number of furan rings is 1. The number of hydrogen-bond acceptors (Lipinski definition) is 4. The first-order valence-corrected chi connectivity index (χ1v) is 9.42. The molecule has 29 heavy (non-hydrogen) atoms. The van der Waals surface area contributed by atoms with Crippen LogP contribution in [0.4, 0.5) is 11.6 Å². The third-order valence-electron chi connectivity index (χ3n) is 5.28. The molecule has 0 aliphatic carbocycles. The van der Waals surface area contributed by atoms with Gasteiger partial charge in [0.2, 0.25) is 5.88 Å². The second-order valence-electron chi connectivity index (χ2n) is 7.07. The van der Waals surface area contributed by atoms with Gasteiger partial charge in [-0.1, -0.05) is 36.4 Å². The summed E-state index contributed by atoms with van der Waals surface area (Å²) in [6, 6.07) is 19.6. The Balaban J connectivity index is 1.90. The summed E-state index contributed by atoms with van der Waals surface area (Å²) in [6.07, 6.45) is 3.47. The number of aryl methyl sites for hydroxylation is 2. The Morgan fingerprint density at radius 1 is 1.00 bits per heavy atom. The topological polar surface area (TPSA) is 60.1 Å². The van der Waals surface area contributed by atoms with Gasteiger partial charge in [-0.05, 0) is 36.8 Å². The number of benzene rings is 2. The van der Waals surface area contributed by atoms with Crippen LogP contribution in [0.2, 0.25) is 0 Å². The van der Waals surface area contributed by atoms with E-state index in [9.17, 15) is 4.79 Å². The van der Waals surface area contributed by atoms with Gasteiger partial charge in [0.15, 0.2) is 5.58 Å². The molecule has 0 atom stereocenters. The quantitative estimate of drug-likeness (QED) is 0.455. The Labute approximate surface area is 167 Å². The lowest BCUT2D eigenvalue weighted by molar-refractivity contribution is 0.637. The van der Waals surface area contributed by atoms with Gasteiger partial charge in [-0.25, -0.2) is 0 Å². The Morgan fingerprint density at radius 2 is 1.79 bits per heavy atom. The number of para-hydroxylation sites is 2. The van der Waals surface area contributed by atoms with Gasteiger partial charge >= 0.3 is 0 Å². The highest BCUT2D eigenvalue weighted by Gasteiger charge is 2.23. The molecular formula is C24H19N3O2. The van der Waals surface area contributed by atoms with Crippen LogP contribution in [0.25, 0.3) is 33.0 Å². The molecule has 5 heteroatoms. The van der Waals surface area contributed by atoms with E-state index in [0.717, 1.165) is 33.3 Å². The summed E-state index contributed by atoms with van der Waals surface area (Å²) < 4.78 is 7.98. The number of hydrogen-bond donors (Lipinski definition) is 1. The molecule has 0 amide bonds. The maximum absolute atomic E-state index is 13.3. The fraction of sp³-hybridized carbons (Fsp3) is 0.0833. The van der Waals surface area contributed by atoms with Crippen molar-refractivity contribution in [3.05, 3.63) is 89.0 Å². The molecule has 3 heterocycles. The monoisotopic (exact) mass is 381 g/mol. The van der Waals surface area contributed by atoms with Crippen LogP contribution >= 0.6 is 0 Å². The SMILES string of the molecule is Cc1ccccc1Nc1oc2c(c1-c1cccnc1)c(=O)n(C)c1ccccc21. The fourth-order valence-electron chi connectivity index (χ4n) is 3.77. The lowest BCUT2D eigenvalue weighted by Gasteiger charge is -2.09. The molecular weight excluding hydrogens is 362 g/mol. The van der Waals surface area contributed by atoms with Gasteiger partial charge in [-0.15, -0.1) is 0 Å². The molecule has 0 bridgehead atoms. The van der Waals surface area contributed by atoms with Crippen LogP contribution in [0, 0.1) is 6.92 Å². The highest BCUT2D eigenvalue weighted by atomic mass is 16.4. The summed E-state index contributed by atoms with van der Waals surface area (Å²) in [5.41, 5.74) is 4.88.